The lowest BCUT2D eigenvalue weighted by Crippen LogP contribution is -2.47. The zero-order chi connectivity index (χ0) is 15.8. The maximum Gasteiger partial charge on any atom is 0.326 e. The Morgan fingerprint density at radius 1 is 1.52 bits per heavy atom. The van der Waals surface area contributed by atoms with E-state index < -0.39 is 5.54 Å². The smallest absolute Gasteiger partial charge is 0.326 e. The number of aliphatic hydroxyl groups excluding tert-OH is 1. The number of rotatable bonds is 3. The summed E-state index contributed by atoms with van der Waals surface area (Å²) in [5.74, 6) is -0.409. The number of nitrogens with zero attached hydrogens (tertiary/aromatic N) is 1. The van der Waals surface area contributed by atoms with E-state index in [0.29, 0.717) is 16.5 Å². The summed E-state index contributed by atoms with van der Waals surface area (Å²) in [6, 6.07) is 5.12. The average molecular weight is 332 g/mol. The number of likely N-dealkylation sites (N-methyl/N-ethyl adjacent to an activating group) is 1. The second-order valence-corrected chi connectivity index (χ2v) is 6.48. The van der Waals surface area contributed by atoms with Crippen LogP contribution in [0.5, 0.6) is 0 Å². The summed E-state index contributed by atoms with van der Waals surface area (Å²) in [6.45, 7) is 1.80. The van der Waals surface area contributed by atoms with E-state index in [1.165, 1.54) is 7.11 Å². The molecule has 0 spiro atoms. The Balaban J connectivity index is 2.44. The summed E-state index contributed by atoms with van der Waals surface area (Å²) >= 11 is 12.2. The van der Waals surface area contributed by atoms with E-state index in [4.69, 9.17) is 27.9 Å². The molecular weight excluding hydrogens is 313 g/mol. The van der Waals surface area contributed by atoms with Gasteiger partial charge in [-0.15, -0.1) is 0 Å². The van der Waals surface area contributed by atoms with Gasteiger partial charge in [-0.05, 0) is 38.1 Å². The molecule has 0 aliphatic carbocycles. The second kappa shape index (κ2) is 6.13. The quantitative estimate of drug-likeness (QED) is 0.865. The first-order valence-electron chi connectivity index (χ1n) is 6.72. The van der Waals surface area contributed by atoms with Gasteiger partial charge in [0.15, 0.2) is 0 Å². The van der Waals surface area contributed by atoms with E-state index in [9.17, 15) is 9.90 Å². The number of methoxy groups -OCH3 is 1. The molecule has 4 nitrogen and oxygen atoms in total. The molecule has 1 aromatic rings. The molecule has 1 fully saturated rings. The van der Waals surface area contributed by atoms with Gasteiger partial charge in [0.1, 0.15) is 5.54 Å². The molecule has 1 aliphatic rings. The van der Waals surface area contributed by atoms with Crippen LogP contribution in [0.2, 0.25) is 10.0 Å². The van der Waals surface area contributed by atoms with Gasteiger partial charge in [0.2, 0.25) is 0 Å². The van der Waals surface area contributed by atoms with Crippen molar-refractivity contribution in [1.82, 2.24) is 4.90 Å². The zero-order valence-electron chi connectivity index (χ0n) is 12.3. The number of aliphatic hydroxyl groups is 1. The molecule has 0 aromatic heterocycles. The van der Waals surface area contributed by atoms with Gasteiger partial charge in [0.25, 0.3) is 0 Å². The van der Waals surface area contributed by atoms with Gasteiger partial charge in [-0.1, -0.05) is 29.3 Å². The van der Waals surface area contributed by atoms with Crippen LogP contribution in [0.1, 0.15) is 24.9 Å². The molecule has 0 radical (unpaired) electrons. The summed E-state index contributed by atoms with van der Waals surface area (Å²) in [4.78, 5) is 14.0. The Labute approximate surface area is 134 Å². The van der Waals surface area contributed by atoms with Crippen molar-refractivity contribution in [2.75, 3.05) is 20.8 Å². The summed E-state index contributed by atoms with van der Waals surface area (Å²) in [6.07, 6.45) is 0.510. The van der Waals surface area contributed by atoms with Crippen LogP contribution in [0.4, 0.5) is 0 Å². The number of hydrogen-bond acceptors (Lipinski definition) is 4. The predicted molar refractivity (Wildman–Crippen MR) is 82.6 cm³/mol. The zero-order valence-corrected chi connectivity index (χ0v) is 13.8. The fraction of sp³-hybridized carbons (Fsp3) is 0.533. The third kappa shape index (κ3) is 2.78. The first-order valence-corrected chi connectivity index (χ1v) is 7.48. The maximum absolute atomic E-state index is 12.1. The lowest BCUT2D eigenvalue weighted by molar-refractivity contribution is -0.152. The van der Waals surface area contributed by atoms with E-state index in [1.807, 2.05) is 24.9 Å². The van der Waals surface area contributed by atoms with Gasteiger partial charge in [-0.3, -0.25) is 9.69 Å². The Morgan fingerprint density at radius 3 is 2.71 bits per heavy atom. The van der Waals surface area contributed by atoms with Crippen molar-refractivity contribution in [3.8, 4) is 0 Å². The summed E-state index contributed by atoms with van der Waals surface area (Å²) < 4.78 is 4.92. The molecule has 2 rings (SSSR count). The average Bonchev–Trinajstić information content (AvgIpc) is 2.71. The molecule has 0 saturated carbocycles. The highest BCUT2D eigenvalue weighted by Gasteiger charge is 2.52. The molecule has 1 aliphatic heterocycles. The molecule has 0 amide bonds. The number of carbonyl (C=O) groups excluding carboxylic acids is 1. The molecule has 0 unspecified atom stereocenters. The van der Waals surface area contributed by atoms with Crippen molar-refractivity contribution < 1.29 is 14.6 Å². The lowest BCUT2D eigenvalue weighted by Gasteiger charge is -2.33. The number of carbonyl (C=O) groups is 1. The largest absolute Gasteiger partial charge is 0.468 e. The number of halogens is 2. The fourth-order valence-electron chi connectivity index (χ4n) is 3.20. The first-order chi connectivity index (χ1) is 9.85. The molecule has 116 valence electrons. The standard InChI is InChI=1S/C15H19Cl2NO3/c1-15(14(20)21-3)7-9(8-19)13(18(15)2)11-5-4-10(16)6-12(11)17/h4-6,9,13,19H,7-8H2,1-3H3/t9-,13+,15+/m1/s1. The van der Waals surface area contributed by atoms with Crippen molar-refractivity contribution in [1.29, 1.82) is 0 Å². The molecule has 1 aromatic carbocycles. The minimum absolute atomic E-state index is 0.0272. The number of hydrogen-bond donors (Lipinski definition) is 1. The summed E-state index contributed by atoms with van der Waals surface area (Å²) in [7, 11) is 3.22. The van der Waals surface area contributed by atoms with Crippen molar-refractivity contribution in [2.45, 2.75) is 24.9 Å². The Kier molecular flexibility index (Phi) is 4.83. The fourth-order valence-corrected chi connectivity index (χ4v) is 3.73. The SMILES string of the molecule is COC(=O)[C@]1(C)C[C@H](CO)[C@@H](c2ccc(Cl)cc2Cl)N1C. The molecule has 0 bridgehead atoms. The number of ether oxygens (including phenoxy) is 1. The van der Waals surface area contributed by atoms with E-state index in [-0.39, 0.29) is 24.5 Å². The van der Waals surface area contributed by atoms with Crippen molar-refractivity contribution in [3.05, 3.63) is 33.8 Å². The number of likely N-dealkylation sites (tertiary alicyclic amines) is 1. The second-order valence-electron chi connectivity index (χ2n) is 5.63. The number of benzene rings is 1. The highest BCUT2D eigenvalue weighted by atomic mass is 35.5. The lowest BCUT2D eigenvalue weighted by atomic mass is 9.91. The van der Waals surface area contributed by atoms with Gasteiger partial charge in [0, 0.05) is 28.6 Å². The van der Waals surface area contributed by atoms with E-state index in [1.54, 1.807) is 12.1 Å². The molecule has 6 heteroatoms. The number of esters is 1. The van der Waals surface area contributed by atoms with E-state index >= 15 is 0 Å². The highest BCUT2D eigenvalue weighted by molar-refractivity contribution is 6.35. The molecule has 1 heterocycles. The Morgan fingerprint density at radius 2 is 2.19 bits per heavy atom. The monoisotopic (exact) mass is 331 g/mol. The van der Waals surface area contributed by atoms with Crippen LogP contribution in [0.15, 0.2) is 18.2 Å². The third-order valence-electron chi connectivity index (χ3n) is 4.44. The minimum atomic E-state index is -0.782. The van der Waals surface area contributed by atoms with Crippen LogP contribution in [0.25, 0.3) is 0 Å². The maximum atomic E-state index is 12.1. The van der Waals surface area contributed by atoms with Crippen molar-refractivity contribution in [2.24, 2.45) is 5.92 Å². The Hall–Kier alpha value is -0.810. The van der Waals surface area contributed by atoms with E-state index in [2.05, 4.69) is 0 Å². The van der Waals surface area contributed by atoms with Crippen LogP contribution >= 0.6 is 23.2 Å². The van der Waals surface area contributed by atoms with Gasteiger partial charge >= 0.3 is 5.97 Å². The topological polar surface area (TPSA) is 49.8 Å². The molecular formula is C15H19Cl2NO3. The Bertz CT molecular complexity index is 552. The molecule has 1 saturated heterocycles. The predicted octanol–water partition coefficient (Wildman–Crippen LogP) is 2.91. The van der Waals surface area contributed by atoms with Gasteiger partial charge in [-0.2, -0.15) is 0 Å². The van der Waals surface area contributed by atoms with E-state index in [0.717, 1.165) is 5.56 Å². The van der Waals surface area contributed by atoms with Gasteiger partial charge in [0.05, 0.1) is 7.11 Å². The van der Waals surface area contributed by atoms with Crippen LogP contribution < -0.4 is 0 Å². The minimum Gasteiger partial charge on any atom is -0.468 e. The molecule has 21 heavy (non-hydrogen) atoms. The molecule has 3 atom stereocenters. The van der Waals surface area contributed by atoms with Crippen LogP contribution in [-0.4, -0.2) is 42.3 Å². The highest BCUT2D eigenvalue weighted by Crippen LogP contribution is 2.47. The third-order valence-corrected chi connectivity index (χ3v) is 5.01. The summed E-state index contributed by atoms with van der Waals surface area (Å²) in [5.41, 5.74) is 0.0747. The first kappa shape index (κ1) is 16.6. The van der Waals surface area contributed by atoms with Crippen molar-refractivity contribution >= 4 is 29.2 Å². The van der Waals surface area contributed by atoms with Crippen LogP contribution in [0.3, 0.4) is 0 Å². The summed E-state index contributed by atoms with van der Waals surface area (Å²) in [5, 5.41) is 10.8. The van der Waals surface area contributed by atoms with Gasteiger partial charge < -0.3 is 9.84 Å². The normalized spacial score (nSPS) is 29.6. The van der Waals surface area contributed by atoms with Crippen molar-refractivity contribution in [3.63, 3.8) is 0 Å². The van der Waals surface area contributed by atoms with Gasteiger partial charge in [-0.25, -0.2) is 0 Å². The van der Waals surface area contributed by atoms with Crippen LogP contribution in [-0.2, 0) is 9.53 Å². The van der Waals surface area contributed by atoms with Crippen LogP contribution in [0, 0.1) is 5.92 Å². The molecule has 1 N–H and O–H groups in total.